The smallest absolute Gasteiger partial charge is 0.403 e. The maximum atomic E-state index is 14.1. The van der Waals surface area contributed by atoms with Gasteiger partial charge in [0.15, 0.2) is 15.6 Å². The molecular formula is C32H34F3N5O5S2. The van der Waals surface area contributed by atoms with Crippen LogP contribution >= 0.6 is 11.3 Å². The average Bonchev–Trinajstić information content (AvgIpc) is 3.67. The van der Waals surface area contributed by atoms with Gasteiger partial charge in [-0.3, -0.25) is 9.36 Å². The topological polar surface area (TPSA) is 116 Å². The largest absolute Gasteiger partial charge is 0.489 e. The predicted octanol–water partition coefficient (Wildman–Crippen LogP) is 5.50. The number of hydrogen-bond donors (Lipinski definition) is 1. The first-order valence-corrected chi connectivity index (χ1v) is 17.6. The summed E-state index contributed by atoms with van der Waals surface area (Å²) in [5.74, 6) is -1.10. The van der Waals surface area contributed by atoms with Crippen LogP contribution in [0.25, 0.3) is 16.6 Å². The van der Waals surface area contributed by atoms with Crippen molar-refractivity contribution in [3.05, 3.63) is 76.0 Å². The Bertz CT molecular complexity index is 1940. The molecule has 3 aromatic heterocycles. The van der Waals surface area contributed by atoms with Gasteiger partial charge in [-0.25, -0.2) is 13.4 Å². The van der Waals surface area contributed by atoms with Crippen molar-refractivity contribution >= 4 is 49.4 Å². The lowest BCUT2D eigenvalue weighted by molar-refractivity contribution is -0.106. The Morgan fingerprint density at radius 2 is 1.91 bits per heavy atom. The molecule has 1 atom stereocenters. The number of hydrogen-bond acceptors (Lipinski definition) is 10. The van der Waals surface area contributed by atoms with E-state index in [0.717, 1.165) is 25.3 Å². The van der Waals surface area contributed by atoms with Gasteiger partial charge in [0.1, 0.15) is 21.7 Å². The van der Waals surface area contributed by atoms with E-state index >= 15 is 0 Å². The van der Waals surface area contributed by atoms with Gasteiger partial charge in [0.05, 0.1) is 6.54 Å². The van der Waals surface area contributed by atoms with Gasteiger partial charge in [0.2, 0.25) is 5.95 Å². The molecule has 2 aliphatic rings. The van der Waals surface area contributed by atoms with Gasteiger partial charge in [-0.05, 0) is 79.6 Å². The van der Waals surface area contributed by atoms with Crippen molar-refractivity contribution in [1.82, 2.24) is 19.4 Å². The molecule has 1 aromatic carbocycles. The zero-order chi connectivity index (χ0) is 33.3. The number of alkyl halides is 3. The first-order chi connectivity index (χ1) is 22.4. The Balaban J connectivity index is 1.35. The zero-order valence-electron chi connectivity index (χ0n) is 25.6. The molecule has 10 nitrogen and oxygen atoms in total. The first-order valence-electron chi connectivity index (χ1n) is 15.1. The summed E-state index contributed by atoms with van der Waals surface area (Å²) >= 11 is 0.684. The fourth-order valence-corrected chi connectivity index (χ4v) is 8.62. The van der Waals surface area contributed by atoms with Crippen LogP contribution in [0, 0.1) is 5.92 Å². The lowest BCUT2D eigenvalue weighted by atomic mass is 9.88. The number of ether oxygens (including phenoxy) is 2. The molecule has 5 heterocycles. The highest BCUT2D eigenvalue weighted by atomic mass is 32.2. The second-order valence-corrected chi connectivity index (χ2v) is 15.0. The van der Waals surface area contributed by atoms with Gasteiger partial charge in [-0.2, -0.15) is 18.2 Å². The number of thiophene rings is 1. The minimum absolute atomic E-state index is 0.00499. The molecule has 6 rings (SSSR count). The van der Waals surface area contributed by atoms with Gasteiger partial charge in [0.25, 0.3) is 5.56 Å². The third-order valence-corrected chi connectivity index (χ3v) is 11.7. The summed E-state index contributed by atoms with van der Waals surface area (Å²) in [5.41, 5.74) is 1.35. The van der Waals surface area contributed by atoms with Crippen LogP contribution in [0.1, 0.15) is 30.4 Å². The number of fused-ring (bicyclic) bond motifs is 1. The molecule has 15 heteroatoms. The third kappa shape index (κ3) is 7.69. The molecule has 0 radical (unpaired) electrons. The molecule has 4 aromatic rings. The maximum absolute atomic E-state index is 14.1. The Labute approximate surface area is 273 Å². The van der Waals surface area contributed by atoms with Crippen molar-refractivity contribution in [3.63, 3.8) is 0 Å². The Morgan fingerprint density at radius 3 is 2.60 bits per heavy atom. The Hall–Kier alpha value is -3.79. The number of likely N-dealkylation sites (N-methyl/N-ethyl adjacent to an activating group) is 1. The zero-order valence-corrected chi connectivity index (χ0v) is 27.3. The fraction of sp³-hybridized carbons (Fsp3) is 0.406. The van der Waals surface area contributed by atoms with Crippen molar-refractivity contribution in [3.8, 4) is 5.75 Å². The minimum atomic E-state index is -4.92. The SMILES string of the molecule is C=C(c1cc2cnc(Nc3ccc(OC4CCN(C)C4)cc3)nc2n(Cc2ccsc2S(=O)(=O)CC(F)(F)F)c1=O)C1CCOCC1. The number of nitrogens with zero attached hydrogens (tertiary/aromatic N) is 4. The lowest BCUT2D eigenvalue weighted by Gasteiger charge is -2.24. The minimum Gasteiger partial charge on any atom is -0.489 e. The average molecular weight is 690 g/mol. The van der Waals surface area contributed by atoms with E-state index in [1.54, 1.807) is 12.3 Å². The first kappa shape index (κ1) is 33.1. The summed E-state index contributed by atoms with van der Waals surface area (Å²) in [5, 5.41) is 5.01. The highest BCUT2D eigenvalue weighted by molar-refractivity contribution is 7.93. The lowest BCUT2D eigenvalue weighted by Crippen LogP contribution is -2.28. The van der Waals surface area contributed by atoms with E-state index in [2.05, 4.69) is 33.8 Å². The second kappa shape index (κ2) is 13.4. The highest BCUT2D eigenvalue weighted by Gasteiger charge is 2.37. The van der Waals surface area contributed by atoms with Gasteiger partial charge in [-0.1, -0.05) is 6.58 Å². The van der Waals surface area contributed by atoms with Crippen molar-refractivity contribution < 1.29 is 31.1 Å². The number of anilines is 2. The van der Waals surface area contributed by atoms with Gasteiger partial charge in [-0.15, -0.1) is 11.3 Å². The van der Waals surface area contributed by atoms with Crippen molar-refractivity contribution in [1.29, 1.82) is 0 Å². The monoisotopic (exact) mass is 689 g/mol. The standard InChI is InChI=1S/C32H34F3N5O5S2/c1-20(21-8-12-44-13-9-21)27-15-23-16-36-31(37-24-3-5-25(6-4-24)45-26-7-11-39(2)18-26)38-28(23)40(29(27)41)17-22-10-14-46-30(22)47(42,43)19-32(33,34)35/h3-6,10,14-16,21,26H,1,7-9,11-13,17-19H2,2H3,(H,36,37,38). The number of aromatic nitrogens is 3. The van der Waals surface area contributed by atoms with E-state index in [-0.39, 0.29) is 35.7 Å². The molecule has 250 valence electrons. The van der Waals surface area contributed by atoms with Crippen LogP contribution in [0.4, 0.5) is 24.8 Å². The van der Waals surface area contributed by atoms with Gasteiger partial charge < -0.3 is 19.7 Å². The molecule has 1 N–H and O–H groups in total. The fourth-order valence-electron chi connectivity index (χ4n) is 5.95. The summed E-state index contributed by atoms with van der Waals surface area (Å²) in [6.07, 6.45) is -0.933. The molecule has 47 heavy (non-hydrogen) atoms. The number of benzene rings is 1. The summed E-state index contributed by atoms with van der Waals surface area (Å²) in [7, 11) is -2.66. The molecule has 2 aliphatic heterocycles. The van der Waals surface area contributed by atoms with Gasteiger partial charge in [0, 0.05) is 54.7 Å². The number of halogens is 3. The van der Waals surface area contributed by atoms with Crippen molar-refractivity contribution in [2.45, 2.75) is 42.3 Å². The quantitative estimate of drug-likeness (QED) is 0.230. The number of nitrogens with one attached hydrogen (secondary N) is 1. The molecule has 0 amide bonds. The molecule has 0 saturated carbocycles. The van der Waals surface area contributed by atoms with Crippen molar-refractivity contribution in [2.75, 3.05) is 44.4 Å². The maximum Gasteiger partial charge on any atom is 0.403 e. The summed E-state index contributed by atoms with van der Waals surface area (Å²) < 4.78 is 77.4. The predicted molar refractivity (Wildman–Crippen MR) is 174 cm³/mol. The summed E-state index contributed by atoms with van der Waals surface area (Å²) in [6, 6.07) is 10.4. The van der Waals surface area contributed by atoms with E-state index in [9.17, 15) is 26.4 Å². The molecule has 2 saturated heterocycles. The van der Waals surface area contributed by atoms with Gasteiger partial charge >= 0.3 is 6.18 Å². The van der Waals surface area contributed by atoms with Crippen LogP contribution in [0.5, 0.6) is 5.75 Å². The Kier molecular flexibility index (Phi) is 9.43. The van der Waals surface area contributed by atoms with Crippen LogP contribution in [0.15, 0.2) is 63.6 Å². The molecule has 1 unspecified atom stereocenters. The normalized spacial score (nSPS) is 18.1. The van der Waals surface area contributed by atoms with Crippen LogP contribution < -0.4 is 15.6 Å². The van der Waals surface area contributed by atoms with Crippen LogP contribution in [0.2, 0.25) is 0 Å². The molecular weight excluding hydrogens is 656 g/mol. The number of pyridine rings is 1. The van der Waals surface area contributed by atoms with Crippen LogP contribution in [-0.2, 0) is 21.1 Å². The number of sulfone groups is 1. The van der Waals surface area contributed by atoms with Crippen LogP contribution in [0.3, 0.4) is 0 Å². The molecule has 0 aliphatic carbocycles. The van der Waals surface area contributed by atoms with Crippen LogP contribution in [-0.4, -0.2) is 79.2 Å². The second-order valence-electron chi connectivity index (χ2n) is 11.9. The molecule has 2 fully saturated rings. The third-order valence-electron chi connectivity index (χ3n) is 8.32. The Morgan fingerprint density at radius 1 is 1.17 bits per heavy atom. The highest BCUT2D eigenvalue weighted by Crippen LogP contribution is 2.32. The van der Waals surface area contributed by atoms with E-state index in [1.165, 1.54) is 16.0 Å². The van der Waals surface area contributed by atoms with Crippen molar-refractivity contribution in [2.24, 2.45) is 5.92 Å². The summed E-state index contributed by atoms with van der Waals surface area (Å²) in [4.78, 5) is 25.4. The number of allylic oxidation sites excluding steroid dienone is 1. The summed E-state index contributed by atoms with van der Waals surface area (Å²) in [6.45, 7) is 6.80. The number of likely N-dealkylation sites (tertiary alicyclic amines) is 1. The number of rotatable bonds is 10. The molecule has 0 bridgehead atoms. The van der Waals surface area contributed by atoms with E-state index in [4.69, 9.17) is 9.47 Å². The van der Waals surface area contributed by atoms with E-state index < -0.39 is 31.5 Å². The molecule has 0 spiro atoms. The van der Waals surface area contributed by atoms with E-state index in [0.29, 0.717) is 59.6 Å². The van der Waals surface area contributed by atoms with E-state index in [1.807, 2.05) is 24.3 Å².